The number of rotatable bonds is 4. The van der Waals surface area contributed by atoms with E-state index >= 15 is 0 Å². The third-order valence-corrected chi connectivity index (χ3v) is 5.96. The molecule has 0 amide bonds. The first-order chi connectivity index (χ1) is 14.4. The van der Waals surface area contributed by atoms with Crippen molar-refractivity contribution in [1.29, 1.82) is 0 Å². The second kappa shape index (κ2) is 8.04. The number of carbonyl (C=O) groups excluding carboxylic acids is 1. The Morgan fingerprint density at radius 3 is 2.70 bits per heavy atom. The monoisotopic (exact) mass is 442 g/mol. The van der Waals surface area contributed by atoms with Gasteiger partial charge in [-0.05, 0) is 37.6 Å². The van der Waals surface area contributed by atoms with Gasteiger partial charge in [0.05, 0.1) is 34.6 Å². The number of ether oxygens (including phenoxy) is 1. The molecule has 1 aromatic carbocycles. The van der Waals surface area contributed by atoms with E-state index in [1.807, 2.05) is 25.4 Å². The van der Waals surface area contributed by atoms with Crippen LogP contribution in [0.1, 0.15) is 31.0 Å². The third kappa shape index (κ3) is 3.64. The van der Waals surface area contributed by atoms with Crippen molar-refractivity contribution in [1.82, 2.24) is 14.3 Å². The number of aromatic nitrogens is 3. The van der Waals surface area contributed by atoms with Crippen LogP contribution in [-0.2, 0) is 16.6 Å². The first-order valence-electron chi connectivity index (χ1n) is 9.33. The minimum Gasteiger partial charge on any atom is -0.463 e. The molecule has 3 heterocycles. The molecule has 0 aliphatic carbocycles. The molecule has 0 saturated heterocycles. The number of thiazole rings is 1. The topological polar surface area (TPSA) is 78.5 Å². The molecule has 154 valence electrons. The summed E-state index contributed by atoms with van der Waals surface area (Å²) >= 11 is 7.33. The van der Waals surface area contributed by atoms with Crippen LogP contribution in [0.4, 0.5) is 0 Å². The van der Waals surface area contributed by atoms with Crippen LogP contribution in [0.2, 0.25) is 5.02 Å². The molecule has 0 saturated carbocycles. The van der Waals surface area contributed by atoms with E-state index < -0.39 is 12.0 Å². The van der Waals surface area contributed by atoms with Crippen LogP contribution < -0.4 is 14.9 Å². The Balaban J connectivity index is 1.96. The van der Waals surface area contributed by atoms with Crippen LogP contribution in [0, 0.1) is 0 Å². The lowest BCUT2D eigenvalue weighted by Gasteiger charge is -2.24. The largest absolute Gasteiger partial charge is 0.463 e. The minimum absolute atomic E-state index is 0.225. The SMILES string of the molecule is CCOC(=O)C1=C(C)N=c2s/c(=C\c3cnn(C)c3)c(=O)n2C1c1ccc(Cl)cc1. The number of aryl methyl sites for hydroxylation is 1. The van der Waals surface area contributed by atoms with Crippen molar-refractivity contribution in [3.63, 3.8) is 0 Å². The Morgan fingerprint density at radius 2 is 2.07 bits per heavy atom. The molecule has 4 rings (SSSR count). The van der Waals surface area contributed by atoms with Crippen LogP contribution >= 0.6 is 22.9 Å². The van der Waals surface area contributed by atoms with E-state index in [-0.39, 0.29) is 12.2 Å². The summed E-state index contributed by atoms with van der Waals surface area (Å²) in [5.74, 6) is -0.486. The summed E-state index contributed by atoms with van der Waals surface area (Å²) in [6.45, 7) is 3.73. The molecule has 0 N–H and O–H groups in total. The van der Waals surface area contributed by atoms with Crippen LogP contribution in [0.15, 0.2) is 57.7 Å². The summed E-state index contributed by atoms with van der Waals surface area (Å²) in [5.41, 5.74) is 2.22. The summed E-state index contributed by atoms with van der Waals surface area (Å²) in [4.78, 5) is 31.2. The van der Waals surface area contributed by atoms with Gasteiger partial charge >= 0.3 is 5.97 Å². The maximum atomic E-state index is 13.4. The van der Waals surface area contributed by atoms with Gasteiger partial charge in [-0.1, -0.05) is 35.1 Å². The first-order valence-corrected chi connectivity index (χ1v) is 10.5. The van der Waals surface area contributed by atoms with Crippen LogP contribution in [-0.4, -0.2) is 26.9 Å². The third-order valence-electron chi connectivity index (χ3n) is 4.73. The molecular weight excluding hydrogens is 424 g/mol. The fourth-order valence-electron chi connectivity index (χ4n) is 3.42. The number of nitrogens with zero attached hydrogens (tertiary/aromatic N) is 4. The quantitative estimate of drug-likeness (QED) is 0.580. The highest BCUT2D eigenvalue weighted by Gasteiger charge is 2.33. The van der Waals surface area contributed by atoms with E-state index in [1.54, 1.807) is 47.5 Å². The standard InChI is InChI=1S/C21H19ClN4O3S/c1-4-29-20(28)17-12(2)24-21-26(18(17)14-5-7-15(22)8-6-14)19(27)16(30-21)9-13-10-23-25(3)11-13/h5-11,18H,4H2,1-3H3/b16-9-. The average Bonchev–Trinajstić information content (AvgIpc) is 3.24. The van der Waals surface area contributed by atoms with Gasteiger partial charge in [0.25, 0.3) is 5.56 Å². The average molecular weight is 443 g/mol. The smallest absolute Gasteiger partial charge is 0.338 e. The molecule has 0 radical (unpaired) electrons. The highest BCUT2D eigenvalue weighted by Crippen LogP contribution is 2.31. The molecule has 1 aliphatic heterocycles. The van der Waals surface area contributed by atoms with E-state index in [2.05, 4.69) is 10.1 Å². The van der Waals surface area contributed by atoms with Crippen molar-refractivity contribution in [2.45, 2.75) is 19.9 Å². The number of benzene rings is 1. The van der Waals surface area contributed by atoms with E-state index in [0.717, 1.165) is 11.1 Å². The van der Waals surface area contributed by atoms with Gasteiger partial charge in [0.1, 0.15) is 0 Å². The second-order valence-corrected chi connectivity index (χ2v) is 8.25. The van der Waals surface area contributed by atoms with Gasteiger partial charge in [0.15, 0.2) is 4.80 Å². The Bertz CT molecular complexity index is 1330. The lowest BCUT2D eigenvalue weighted by Crippen LogP contribution is -2.39. The van der Waals surface area contributed by atoms with Gasteiger partial charge in [0.2, 0.25) is 0 Å². The molecule has 1 atom stereocenters. The van der Waals surface area contributed by atoms with Crippen molar-refractivity contribution in [3.8, 4) is 0 Å². The first kappa shape index (κ1) is 20.3. The molecule has 3 aromatic rings. The van der Waals surface area contributed by atoms with Crippen molar-refractivity contribution in [2.75, 3.05) is 6.61 Å². The summed E-state index contributed by atoms with van der Waals surface area (Å²) in [6.07, 6.45) is 5.29. The van der Waals surface area contributed by atoms with Gasteiger partial charge < -0.3 is 4.74 Å². The van der Waals surface area contributed by atoms with Gasteiger partial charge in [-0.25, -0.2) is 9.79 Å². The Kier molecular flexibility index (Phi) is 5.44. The summed E-state index contributed by atoms with van der Waals surface area (Å²) in [6, 6.07) is 6.45. The summed E-state index contributed by atoms with van der Waals surface area (Å²) in [7, 11) is 1.81. The molecule has 0 bridgehead atoms. The normalized spacial score (nSPS) is 16.4. The molecule has 2 aromatic heterocycles. The molecule has 0 fully saturated rings. The second-order valence-electron chi connectivity index (χ2n) is 6.80. The highest BCUT2D eigenvalue weighted by molar-refractivity contribution is 7.07. The maximum Gasteiger partial charge on any atom is 0.338 e. The molecular formula is C21H19ClN4O3S. The zero-order valence-corrected chi connectivity index (χ0v) is 18.2. The number of fused-ring (bicyclic) bond motifs is 1. The Hall–Kier alpha value is -2.97. The van der Waals surface area contributed by atoms with Gasteiger partial charge in [0, 0.05) is 23.8 Å². The van der Waals surface area contributed by atoms with E-state index in [1.165, 1.54) is 11.3 Å². The van der Waals surface area contributed by atoms with Gasteiger partial charge in [-0.3, -0.25) is 14.0 Å². The number of hydrogen-bond donors (Lipinski definition) is 0. The number of esters is 1. The van der Waals surface area contributed by atoms with E-state index in [9.17, 15) is 9.59 Å². The number of halogens is 1. The van der Waals surface area contributed by atoms with Crippen LogP contribution in [0.25, 0.3) is 6.08 Å². The predicted molar refractivity (Wildman–Crippen MR) is 115 cm³/mol. The van der Waals surface area contributed by atoms with Crippen molar-refractivity contribution < 1.29 is 9.53 Å². The van der Waals surface area contributed by atoms with Crippen molar-refractivity contribution in [2.24, 2.45) is 12.0 Å². The predicted octanol–water partition coefficient (Wildman–Crippen LogP) is 2.19. The fraction of sp³-hybridized carbons (Fsp3) is 0.238. The van der Waals surface area contributed by atoms with Gasteiger partial charge in [-0.2, -0.15) is 5.10 Å². The Labute approximate surface area is 181 Å². The van der Waals surface area contributed by atoms with Crippen LogP contribution in [0.5, 0.6) is 0 Å². The zero-order chi connectivity index (χ0) is 21.4. The van der Waals surface area contributed by atoms with Gasteiger partial charge in [-0.15, -0.1) is 0 Å². The maximum absolute atomic E-state index is 13.4. The lowest BCUT2D eigenvalue weighted by atomic mass is 9.96. The molecule has 7 nitrogen and oxygen atoms in total. The summed E-state index contributed by atoms with van der Waals surface area (Å²) in [5, 5.41) is 4.71. The van der Waals surface area contributed by atoms with E-state index in [4.69, 9.17) is 16.3 Å². The summed E-state index contributed by atoms with van der Waals surface area (Å²) < 4.78 is 9.01. The minimum atomic E-state index is -0.645. The zero-order valence-electron chi connectivity index (χ0n) is 16.6. The molecule has 0 spiro atoms. The van der Waals surface area contributed by atoms with Crippen molar-refractivity contribution >= 4 is 35.0 Å². The molecule has 1 unspecified atom stereocenters. The Morgan fingerprint density at radius 1 is 1.33 bits per heavy atom. The number of hydrogen-bond acceptors (Lipinski definition) is 6. The highest BCUT2D eigenvalue weighted by atomic mass is 35.5. The number of allylic oxidation sites excluding steroid dienone is 1. The lowest BCUT2D eigenvalue weighted by molar-refractivity contribution is -0.139. The van der Waals surface area contributed by atoms with Crippen LogP contribution in [0.3, 0.4) is 0 Å². The molecule has 30 heavy (non-hydrogen) atoms. The molecule has 1 aliphatic rings. The van der Waals surface area contributed by atoms with E-state index in [0.29, 0.717) is 25.6 Å². The number of carbonyl (C=O) groups is 1. The fourth-order valence-corrected chi connectivity index (χ4v) is 4.59. The van der Waals surface area contributed by atoms with Crippen molar-refractivity contribution in [3.05, 3.63) is 83.8 Å². The molecule has 9 heteroatoms.